The highest BCUT2D eigenvalue weighted by Gasteiger charge is 2.19. The minimum Gasteiger partial charge on any atom is -0.487 e. The summed E-state index contributed by atoms with van der Waals surface area (Å²) in [5, 5.41) is 5.03. The van der Waals surface area contributed by atoms with E-state index < -0.39 is 10.0 Å². The average Bonchev–Trinajstić information content (AvgIpc) is 2.72. The summed E-state index contributed by atoms with van der Waals surface area (Å²) < 4.78 is 33.7. The summed E-state index contributed by atoms with van der Waals surface area (Å²) in [7, 11) is -3.68. The zero-order chi connectivity index (χ0) is 12.5. The Labute approximate surface area is 108 Å². The van der Waals surface area contributed by atoms with Crippen LogP contribution in [-0.2, 0) is 14.8 Å². The van der Waals surface area contributed by atoms with E-state index in [2.05, 4.69) is 15.9 Å². The van der Waals surface area contributed by atoms with E-state index in [4.69, 9.17) is 14.6 Å². The smallest absolute Gasteiger partial charge is 0.238 e. The van der Waals surface area contributed by atoms with Gasteiger partial charge in [0.05, 0.1) is 22.6 Å². The average molecular weight is 322 g/mol. The van der Waals surface area contributed by atoms with Crippen LogP contribution in [0.1, 0.15) is 6.42 Å². The second-order valence-corrected chi connectivity index (χ2v) is 6.16. The molecule has 0 radical (unpaired) electrons. The standard InChI is InChI=1S/C10H12BrNO4S/c11-9-5-8(17(12,13)14)1-2-10(9)16-7-3-4-15-6-7/h1-2,5,7H,3-4,6H2,(H2,12,13,14). The molecule has 1 fully saturated rings. The van der Waals surface area contributed by atoms with Crippen LogP contribution in [0.3, 0.4) is 0 Å². The van der Waals surface area contributed by atoms with Crippen LogP contribution in [0, 0.1) is 0 Å². The van der Waals surface area contributed by atoms with Gasteiger partial charge in [0, 0.05) is 6.42 Å². The Balaban J connectivity index is 2.19. The molecule has 1 aromatic rings. The molecule has 0 spiro atoms. The van der Waals surface area contributed by atoms with Crippen molar-refractivity contribution in [2.24, 2.45) is 5.14 Å². The maximum Gasteiger partial charge on any atom is 0.238 e. The highest BCUT2D eigenvalue weighted by Crippen LogP contribution is 2.29. The lowest BCUT2D eigenvalue weighted by Crippen LogP contribution is -2.16. The van der Waals surface area contributed by atoms with E-state index in [-0.39, 0.29) is 11.0 Å². The predicted octanol–water partition coefficient (Wildman–Crippen LogP) is 1.26. The fraction of sp³-hybridized carbons (Fsp3) is 0.400. The van der Waals surface area contributed by atoms with Crippen molar-refractivity contribution in [1.82, 2.24) is 0 Å². The van der Waals surface area contributed by atoms with E-state index in [0.29, 0.717) is 23.4 Å². The molecule has 1 saturated heterocycles. The maximum absolute atomic E-state index is 11.1. The first kappa shape index (κ1) is 12.8. The molecule has 0 aromatic heterocycles. The quantitative estimate of drug-likeness (QED) is 0.909. The lowest BCUT2D eigenvalue weighted by atomic mass is 10.3. The fourth-order valence-corrected chi connectivity index (χ4v) is 2.70. The van der Waals surface area contributed by atoms with Gasteiger partial charge in [0.1, 0.15) is 11.9 Å². The molecule has 2 rings (SSSR count). The van der Waals surface area contributed by atoms with E-state index >= 15 is 0 Å². The van der Waals surface area contributed by atoms with Gasteiger partial charge in [0.15, 0.2) is 0 Å². The molecule has 1 aromatic carbocycles. The Morgan fingerprint density at radius 3 is 2.76 bits per heavy atom. The number of rotatable bonds is 3. The second-order valence-electron chi connectivity index (χ2n) is 3.74. The van der Waals surface area contributed by atoms with Gasteiger partial charge in [-0.3, -0.25) is 0 Å². The molecule has 1 aliphatic heterocycles. The third-order valence-corrected chi connectivity index (χ3v) is 3.94. The molecule has 94 valence electrons. The number of hydrogen-bond donors (Lipinski definition) is 1. The zero-order valence-corrected chi connectivity index (χ0v) is 11.3. The molecule has 1 aliphatic rings. The van der Waals surface area contributed by atoms with Crippen LogP contribution in [0.5, 0.6) is 5.75 Å². The monoisotopic (exact) mass is 321 g/mol. The van der Waals surface area contributed by atoms with Gasteiger partial charge in [-0.05, 0) is 34.1 Å². The third kappa shape index (κ3) is 3.19. The largest absolute Gasteiger partial charge is 0.487 e. The van der Waals surface area contributed by atoms with Crippen molar-refractivity contribution in [2.45, 2.75) is 17.4 Å². The van der Waals surface area contributed by atoms with E-state index in [9.17, 15) is 8.42 Å². The minimum absolute atomic E-state index is 0.0200. The van der Waals surface area contributed by atoms with Gasteiger partial charge >= 0.3 is 0 Å². The lowest BCUT2D eigenvalue weighted by Gasteiger charge is -2.13. The van der Waals surface area contributed by atoms with Crippen molar-refractivity contribution in [3.8, 4) is 5.75 Å². The van der Waals surface area contributed by atoms with Gasteiger partial charge in [-0.25, -0.2) is 13.6 Å². The van der Waals surface area contributed by atoms with Gasteiger partial charge in [-0.1, -0.05) is 0 Å². The summed E-state index contributed by atoms with van der Waals surface area (Å²) in [6.07, 6.45) is 0.857. The molecule has 5 nitrogen and oxygen atoms in total. The third-order valence-electron chi connectivity index (χ3n) is 2.41. The van der Waals surface area contributed by atoms with Crippen molar-refractivity contribution in [1.29, 1.82) is 0 Å². The SMILES string of the molecule is NS(=O)(=O)c1ccc(OC2CCOC2)c(Br)c1. The Morgan fingerprint density at radius 1 is 1.47 bits per heavy atom. The van der Waals surface area contributed by atoms with Crippen molar-refractivity contribution >= 4 is 26.0 Å². The Kier molecular flexibility index (Phi) is 3.72. The van der Waals surface area contributed by atoms with E-state index in [1.165, 1.54) is 12.1 Å². The zero-order valence-electron chi connectivity index (χ0n) is 8.93. The van der Waals surface area contributed by atoms with Crippen molar-refractivity contribution < 1.29 is 17.9 Å². The lowest BCUT2D eigenvalue weighted by molar-refractivity contribution is 0.141. The molecule has 0 bridgehead atoms. The summed E-state index contributed by atoms with van der Waals surface area (Å²) >= 11 is 3.26. The molecule has 7 heteroatoms. The normalized spacial score (nSPS) is 20.5. The van der Waals surface area contributed by atoms with Crippen molar-refractivity contribution in [2.75, 3.05) is 13.2 Å². The Bertz CT molecular complexity index is 511. The summed E-state index contributed by atoms with van der Waals surface area (Å²) in [6, 6.07) is 4.44. The van der Waals surface area contributed by atoms with Crippen LogP contribution in [0.25, 0.3) is 0 Å². The summed E-state index contributed by atoms with van der Waals surface area (Å²) in [5.41, 5.74) is 0. The first-order valence-corrected chi connectivity index (χ1v) is 7.37. The molecular formula is C10H12BrNO4S. The Morgan fingerprint density at radius 2 is 2.24 bits per heavy atom. The number of sulfonamides is 1. The molecule has 0 aliphatic carbocycles. The number of halogens is 1. The highest BCUT2D eigenvalue weighted by atomic mass is 79.9. The summed E-state index contributed by atoms with van der Waals surface area (Å²) in [6.45, 7) is 1.25. The van der Waals surface area contributed by atoms with Crippen LogP contribution in [0.15, 0.2) is 27.6 Å². The van der Waals surface area contributed by atoms with Crippen LogP contribution in [0.2, 0.25) is 0 Å². The topological polar surface area (TPSA) is 78.6 Å². The van der Waals surface area contributed by atoms with Crippen LogP contribution in [-0.4, -0.2) is 27.7 Å². The number of ether oxygens (including phenoxy) is 2. The first-order chi connectivity index (χ1) is 7.97. The molecule has 0 amide bonds. The molecular weight excluding hydrogens is 310 g/mol. The van der Waals surface area contributed by atoms with E-state index in [1.54, 1.807) is 6.07 Å². The van der Waals surface area contributed by atoms with Crippen LogP contribution >= 0.6 is 15.9 Å². The fourth-order valence-electron chi connectivity index (χ4n) is 1.54. The van der Waals surface area contributed by atoms with Gasteiger partial charge in [-0.2, -0.15) is 0 Å². The van der Waals surface area contributed by atoms with Crippen LogP contribution in [0.4, 0.5) is 0 Å². The van der Waals surface area contributed by atoms with E-state index in [1.807, 2.05) is 0 Å². The van der Waals surface area contributed by atoms with Gasteiger partial charge in [0.25, 0.3) is 0 Å². The number of benzene rings is 1. The van der Waals surface area contributed by atoms with Crippen molar-refractivity contribution in [3.63, 3.8) is 0 Å². The molecule has 1 heterocycles. The molecule has 1 unspecified atom stereocenters. The summed E-state index contributed by atoms with van der Waals surface area (Å²) in [5.74, 6) is 0.591. The van der Waals surface area contributed by atoms with Crippen LogP contribution < -0.4 is 9.88 Å². The number of hydrogen-bond acceptors (Lipinski definition) is 4. The molecule has 2 N–H and O–H groups in total. The molecule has 0 saturated carbocycles. The summed E-state index contributed by atoms with van der Waals surface area (Å²) in [4.78, 5) is 0.0550. The number of primary sulfonamides is 1. The number of nitrogens with two attached hydrogens (primary N) is 1. The van der Waals surface area contributed by atoms with Gasteiger partial charge < -0.3 is 9.47 Å². The van der Waals surface area contributed by atoms with E-state index in [0.717, 1.165) is 6.42 Å². The molecule has 17 heavy (non-hydrogen) atoms. The first-order valence-electron chi connectivity index (χ1n) is 5.03. The maximum atomic E-state index is 11.1. The van der Waals surface area contributed by atoms with Gasteiger partial charge in [0.2, 0.25) is 10.0 Å². The van der Waals surface area contributed by atoms with Gasteiger partial charge in [-0.15, -0.1) is 0 Å². The minimum atomic E-state index is -3.68. The highest BCUT2D eigenvalue weighted by molar-refractivity contribution is 9.10. The second kappa shape index (κ2) is 4.93. The predicted molar refractivity (Wildman–Crippen MR) is 65.4 cm³/mol. The Hall–Kier alpha value is -0.630. The molecule has 1 atom stereocenters. The van der Waals surface area contributed by atoms with Crippen molar-refractivity contribution in [3.05, 3.63) is 22.7 Å².